The van der Waals surface area contributed by atoms with E-state index in [-0.39, 0.29) is 5.91 Å². The van der Waals surface area contributed by atoms with Gasteiger partial charge in [-0.25, -0.2) is 4.98 Å². The van der Waals surface area contributed by atoms with Gasteiger partial charge >= 0.3 is 5.97 Å². The monoisotopic (exact) mass is 327 g/mol. The Morgan fingerprint density at radius 1 is 1.38 bits per heavy atom. The first-order chi connectivity index (χ1) is 9.96. The third-order valence-electron chi connectivity index (χ3n) is 3.05. The average Bonchev–Trinajstić information content (AvgIpc) is 2.98. The van der Waals surface area contributed by atoms with Gasteiger partial charge in [0, 0.05) is 13.1 Å². The summed E-state index contributed by atoms with van der Waals surface area (Å²) in [6.07, 6.45) is 0. The van der Waals surface area contributed by atoms with Gasteiger partial charge in [-0.2, -0.15) is 0 Å². The number of aromatic nitrogens is 1. The molecule has 0 radical (unpaired) electrons. The van der Waals surface area contributed by atoms with E-state index in [1.165, 1.54) is 18.3 Å². The van der Waals surface area contributed by atoms with Crippen LogP contribution >= 0.6 is 22.7 Å². The summed E-state index contributed by atoms with van der Waals surface area (Å²) in [6.45, 7) is 7.37. The smallest absolute Gasteiger partial charge is 0.325 e. The molecule has 2 N–H and O–H groups in total. The second-order valence-electron chi connectivity index (χ2n) is 4.48. The predicted octanol–water partition coefficient (Wildman–Crippen LogP) is 2.41. The Morgan fingerprint density at radius 2 is 2.05 bits per heavy atom. The van der Waals surface area contributed by atoms with Crippen LogP contribution in [0.2, 0.25) is 0 Å². The van der Waals surface area contributed by atoms with Crippen molar-refractivity contribution >= 4 is 49.2 Å². The SMILES string of the molecule is CCN(CC)c1nc2sc(C(=O)N[C@H](C)C(=O)O)cc2s1. The van der Waals surface area contributed by atoms with Gasteiger partial charge in [0.1, 0.15) is 10.9 Å². The number of thiophene rings is 1. The number of nitrogens with one attached hydrogen (secondary N) is 1. The second-order valence-corrected chi connectivity index (χ2v) is 6.52. The molecule has 0 saturated heterocycles. The molecule has 0 spiro atoms. The summed E-state index contributed by atoms with van der Waals surface area (Å²) < 4.78 is 0.954. The Balaban J connectivity index is 2.18. The van der Waals surface area contributed by atoms with Crippen molar-refractivity contribution in [3.63, 3.8) is 0 Å². The number of thiazole rings is 1. The van der Waals surface area contributed by atoms with Gasteiger partial charge in [0.2, 0.25) is 0 Å². The normalized spacial score (nSPS) is 12.3. The molecule has 21 heavy (non-hydrogen) atoms. The molecule has 2 heterocycles. The minimum absolute atomic E-state index is 0.371. The number of rotatable bonds is 6. The van der Waals surface area contributed by atoms with Gasteiger partial charge in [0.05, 0.1) is 9.58 Å². The third-order valence-corrected chi connectivity index (χ3v) is 5.27. The molecule has 2 aromatic heterocycles. The Hall–Kier alpha value is -1.67. The van der Waals surface area contributed by atoms with Gasteiger partial charge in [-0.05, 0) is 26.8 Å². The van der Waals surface area contributed by atoms with E-state index in [0.717, 1.165) is 27.8 Å². The van der Waals surface area contributed by atoms with E-state index in [1.54, 1.807) is 17.4 Å². The van der Waals surface area contributed by atoms with E-state index in [4.69, 9.17) is 5.11 Å². The van der Waals surface area contributed by atoms with Crippen LogP contribution in [0.4, 0.5) is 5.13 Å². The molecule has 0 unspecified atom stereocenters. The highest BCUT2D eigenvalue weighted by Gasteiger charge is 2.19. The fourth-order valence-corrected chi connectivity index (χ4v) is 4.04. The molecule has 8 heteroatoms. The largest absolute Gasteiger partial charge is 0.480 e. The molecule has 0 aromatic carbocycles. The van der Waals surface area contributed by atoms with Crippen molar-refractivity contribution in [1.29, 1.82) is 0 Å². The number of hydrogen-bond donors (Lipinski definition) is 2. The zero-order chi connectivity index (χ0) is 15.6. The van der Waals surface area contributed by atoms with Crippen molar-refractivity contribution < 1.29 is 14.7 Å². The van der Waals surface area contributed by atoms with E-state index in [2.05, 4.69) is 29.0 Å². The van der Waals surface area contributed by atoms with E-state index in [0.29, 0.717) is 4.88 Å². The molecular formula is C13H17N3O3S2. The van der Waals surface area contributed by atoms with Crippen molar-refractivity contribution in [1.82, 2.24) is 10.3 Å². The number of carboxylic acids is 1. The molecule has 1 amide bonds. The minimum Gasteiger partial charge on any atom is -0.480 e. The van der Waals surface area contributed by atoms with Crippen LogP contribution in [0.5, 0.6) is 0 Å². The molecule has 114 valence electrons. The Kier molecular flexibility index (Phi) is 4.79. The molecule has 0 aliphatic carbocycles. The molecule has 0 bridgehead atoms. The molecule has 2 rings (SSSR count). The van der Waals surface area contributed by atoms with Gasteiger partial charge in [0.25, 0.3) is 5.91 Å². The average molecular weight is 327 g/mol. The number of amides is 1. The second kappa shape index (κ2) is 6.40. The molecule has 6 nitrogen and oxygen atoms in total. The van der Waals surface area contributed by atoms with Crippen LogP contribution in [0.1, 0.15) is 30.4 Å². The van der Waals surface area contributed by atoms with Crippen LogP contribution < -0.4 is 10.2 Å². The van der Waals surface area contributed by atoms with Crippen molar-refractivity contribution in [2.75, 3.05) is 18.0 Å². The fraction of sp³-hybridized carbons (Fsp3) is 0.462. The molecule has 0 aliphatic rings. The zero-order valence-corrected chi connectivity index (χ0v) is 13.7. The summed E-state index contributed by atoms with van der Waals surface area (Å²) in [6, 6.07) is 0.867. The molecule has 2 aromatic rings. The number of aliphatic carboxylic acids is 1. The lowest BCUT2D eigenvalue weighted by Crippen LogP contribution is -2.37. The van der Waals surface area contributed by atoms with E-state index >= 15 is 0 Å². The van der Waals surface area contributed by atoms with E-state index in [9.17, 15) is 9.59 Å². The Labute approximate surface area is 130 Å². The summed E-state index contributed by atoms with van der Waals surface area (Å²) in [5.74, 6) is -1.42. The van der Waals surface area contributed by atoms with Gasteiger partial charge in [0.15, 0.2) is 5.13 Å². The molecule has 0 saturated carbocycles. The van der Waals surface area contributed by atoms with Gasteiger partial charge in [-0.3, -0.25) is 9.59 Å². The van der Waals surface area contributed by atoms with Gasteiger partial charge in [-0.15, -0.1) is 11.3 Å². The first kappa shape index (κ1) is 15.7. The van der Waals surface area contributed by atoms with Crippen LogP contribution in [0.25, 0.3) is 9.53 Å². The summed E-state index contributed by atoms with van der Waals surface area (Å²) in [4.78, 5) is 30.7. The van der Waals surface area contributed by atoms with Crippen molar-refractivity contribution in [3.05, 3.63) is 10.9 Å². The molecular weight excluding hydrogens is 310 g/mol. The highest BCUT2D eigenvalue weighted by Crippen LogP contribution is 2.34. The van der Waals surface area contributed by atoms with Crippen molar-refractivity contribution in [2.24, 2.45) is 0 Å². The van der Waals surface area contributed by atoms with E-state index in [1.807, 2.05) is 0 Å². The fourth-order valence-electron chi connectivity index (χ4n) is 1.79. The minimum atomic E-state index is -1.05. The van der Waals surface area contributed by atoms with Crippen LogP contribution in [0.3, 0.4) is 0 Å². The van der Waals surface area contributed by atoms with Crippen LogP contribution in [0.15, 0.2) is 6.07 Å². The summed E-state index contributed by atoms with van der Waals surface area (Å²) in [5.41, 5.74) is 0. The molecule has 1 atom stereocenters. The Morgan fingerprint density at radius 3 is 2.57 bits per heavy atom. The van der Waals surface area contributed by atoms with Gasteiger partial charge < -0.3 is 15.3 Å². The summed E-state index contributed by atoms with van der Waals surface area (Å²) in [7, 11) is 0. The molecule has 0 aliphatic heterocycles. The number of carboxylic acid groups (broad SMARTS) is 1. The standard InChI is InChI=1S/C13H17N3O3S2/c1-4-16(5-2)13-15-11-9(21-13)6-8(20-11)10(17)14-7(3)12(18)19/h6-7H,4-5H2,1-3H3,(H,14,17)(H,18,19)/t7-/m1/s1. The predicted molar refractivity (Wildman–Crippen MR) is 85.6 cm³/mol. The number of fused-ring (bicyclic) bond motifs is 1. The van der Waals surface area contributed by atoms with Crippen molar-refractivity contribution in [3.8, 4) is 0 Å². The quantitative estimate of drug-likeness (QED) is 0.851. The maximum Gasteiger partial charge on any atom is 0.325 e. The van der Waals surface area contributed by atoms with Crippen LogP contribution in [0, 0.1) is 0 Å². The van der Waals surface area contributed by atoms with Crippen LogP contribution in [-0.2, 0) is 4.79 Å². The highest BCUT2D eigenvalue weighted by molar-refractivity contribution is 7.29. The summed E-state index contributed by atoms with van der Waals surface area (Å²) in [5, 5.41) is 12.2. The van der Waals surface area contributed by atoms with Crippen LogP contribution in [-0.4, -0.2) is 41.1 Å². The molecule has 0 fully saturated rings. The Bertz CT molecular complexity index is 629. The van der Waals surface area contributed by atoms with Gasteiger partial charge in [-0.1, -0.05) is 11.3 Å². The summed E-state index contributed by atoms with van der Waals surface area (Å²) >= 11 is 2.83. The third kappa shape index (κ3) is 3.33. The first-order valence-electron chi connectivity index (χ1n) is 6.65. The number of carbonyl (C=O) groups excluding carboxylic acids is 1. The number of hydrogen-bond acceptors (Lipinski definition) is 6. The number of carbonyl (C=O) groups is 2. The zero-order valence-electron chi connectivity index (χ0n) is 12.0. The highest BCUT2D eigenvalue weighted by atomic mass is 32.1. The number of nitrogens with zero attached hydrogens (tertiary/aromatic N) is 2. The first-order valence-corrected chi connectivity index (χ1v) is 8.28. The topological polar surface area (TPSA) is 82.5 Å². The lowest BCUT2D eigenvalue weighted by atomic mass is 10.3. The lowest BCUT2D eigenvalue weighted by Gasteiger charge is -2.16. The lowest BCUT2D eigenvalue weighted by molar-refractivity contribution is -0.138. The van der Waals surface area contributed by atoms with E-state index < -0.39 is 12.0 Å². The maximum absolute atomic E-state index is 12.0. The maximum atomic E-state index is 12.0. The number of anilines is 1. The van der Waals surface area contributed by atoms with Crippen molar-refractivity contribution in [2.45, 2.75) is 26.8 Å².